The van der Waals surface area contributed by atoms with Gasteiger partial charge in [-0.2, -0.15) is 12.6 Å². The van der Waals surface area contributed by atoms with E-state index in [1.165, 1.54) is 6.42 Å². The first-order valence-corrected chi connectivity index (χ1v) is 2.16. The average molecular weight is 131 g/mol. The fourth-order valence-corrected chi connectivity index (χ4v) is 0. The number of hydrogen-bond donors (Lipinski definition) is 1. The second-order valence-corrected chi connectivity index (χ2v) is 1.17. The van der Waals surface area contributed by atoms with Crippen molar-refractivity contribution >= 4 is 55.7 Å². The SMILES string of the molecule is CCCS.[Na].[S]. The zero-order valence-corrected chi connectivity index (χ0v) is 7.98. The van der Waals surface area contributed by atoms with Crippen LogP contribution in [0.4, 0.5) is 0 Å². The summed E-state index contributed by atoms with van der Waals surface area (Å²) in [5, 5.41) is 0. The van der Waals surface area contributed by atoms with E-state index in [0.717, 1.165) is 5.75 Å². The molecule has 6 heavy (non-hydrogen) atoms. The maximum Gasteiger partial charge on any atom is 0 e. The molecule has 0 saturated carbocycles. The summed E-state index contributed by atoms with van der Waals surface area (Å²) in [6.07, 6.45) is 1.18. The van der Waals surface area contributed by atoms with Gasteiger partial charge in [-0.15, -0.1) is 0 Å². The fourth-order valence-electron chi connectivity index (χ4n) is 0. The van der Waals surface area contributed by atoms with Crippen LogP contribution in [0.15, 0.2) is 0 Å². The van der Waals surface area contributed by atoms with Crippen LogP contribution in [-0.2, 0) is 0 Å². The largest absolute Gasteiger partial charge is 0.179 e. The topological polar surface area (TPSA) is 0 Å². The minimum atomic E-state index is 0. The minimum Gasteiger partial charge on any atom is -0.179 e. The van der Waals surface area contributed by atoms with Gasteiger partial charge in [0.05, 0.1) is 0 Å². The number of hydrogen-bond acceptors (Lipinski definition) is 1. The predicted octanol–water partition coefficient (Wildman–Crippen LogP) is 1.59. The molecular weight excluding hydrogens is 123 g/mol. The molecule has 0 unspecified atom stereocenters. The summed E-state index contributed by atoms with van der Waals surface area (Å²) in [6, 6.07) is 0. The molecule has 0 fully saturated rings. The molecule has 0 spiro atoms. The van der Waals surface area contributed by atoms with Gasteiger partial charge in [-0.05, 0) is 12.2 Å². The van der Waals surface area contributed by atoms with Crippen LogP contribution < -0.4 is 0 Å². The Kier molecular flexibility index (Phi) is 41.5. The van der Waals surface area contributed by atoms with Gasteiger partial charge in [0.25, 0.3) is 0 Å². The van der Waals surface area contributed by atoms with E-state index < -0.39 is 0 Å². The molecule has 0 bridgehead atoms. The van der Waals surface area contributed by atoms with Crippen molar-refractivity contribution in [1.82, 2.24) is 0 Å². The molecular formula is C3H8NaS2. The maximum absolute atomic E-state index is 3.92. The maximum atomic E-state index is 3.92. The zero-order chi connectivity index (χ0) is 3.41. The van der Waals surface area contributed by atoms with Crippen LogP contribution in [0.25, 0.3) is 0 Å². The van der Waals surface area contributed by atoms with Gasteiger partial charge in [0.15, 0.2) is 0 Å². The fraction of sp³-hybridized carbons (Fsp3) is 1.00. The number of thiol groups is 1. The molecule has 0 aromatic carbocycles. The van der Waals surface area contributed by atoms with E-state index in [-0.39, 0.29) is 43.1 Å². The van der Waals surface area contributed by atoms with Crippen molar-refractivity contribution in [3.05, 3.63) is 0 Å². The van der Waals surface area contributed by atoms with Crippen LogP contribution in [0.5, 0.6) is 0 Å². The van der Waals surface area contributed by atoms with Crippen molar-refractivity contribution in [2.24, 2.45) is 0 Å². The first-order chi connectivity index (χ1) is 1.91. The summed E-state index contributed by atoms with van der Waals surface area (Å²) in [5.41, 5.74) is 0. The van der Waals surface area contributed by atoms with Gasteiger partial charge in [-0.25, -0.2) is 0 Å². The van der Waals surface area contributed by atoms with Gasteiger partial charge in [-0.1, -0.05) is 6.92 Å². The van der Waals surface area contributed by atoms with Gasteiger partial charge in [0.2, 0.25) is 0 Å². The summed E-state index contributed by atoms with van der Waals surface area (Å²) >= 11 is 3.92. The van der Waals surface area contributed by atoms with Crippen LogP contribution in [0.2, 0.25) is 0 Å². The molecule has 33 valence electrons. The molecule has 0 aliphatic carbocycles. The first kappa shape index (κ1) is 15.6. The second kappa shape index (κ2) is 15.9. The molecule has 3 heteroatoms. The zero-order valence-electron chi connectivity index (χ0n) is 4.27. The van der Waals surface area contributed by atoms with Crippen LogP contribution in [0.3, 0.4) is 0 Å². The predicted molar refractivity (Wildman–Crippen MR) is 37.5 cm³/mol. The van der Waals surface area contributed by atoms with E-state index in [4.69, 9.17) is 0 Å². The van der Waals surface area contributed by atoms with Crippen LogP contribution in [0, 0.1) is 0 Å². The number of rotatable bonds is 1. The molecule has 0 amide bonds. The van der Waals surface area contributed by atoms with Crippen LogP contribution in [-0.4, -0.2) is 35.3 Å². The van der Waals surface area contributed by atoms with E-state index >= 15 is 0 Å². The molecule has 0 nitrogen and oxygen atoms in total. The third-order valence-electron chi connectivity index (χ3n) is 0.224. The van der Waals surface area contributed by atoms with Crippen molar-refractivity contribution in [1.29, 1.82) is 0 Å². The molecule has 0 aliphatic heterocycles. The van der Waals surface area contributed by atoms with E-state index in [9.17, 15) is 0 Å². The Morgan fingerprint density at radius 2 is 1.67 bits per heavy atom. The van der Waals surface area contributed by atoms with Crippen molar-refractivity contribution in [2.75, 3.05) is 5.75 Å². The Balaban J connectivity index is -0.0000000450. The normalized spacial score (nSPS) is 5.00. The van der Waals surface area contributed by atoms with E-state index in [0.29, 0.717) is 0 Å². The molecule has 0 aromatic rings. The van der Waals surface area contributed by atoms with Gasteiger partial charge < -0.3 is 0 Å². The molecule has 0 N–H and O–H groups in total. The Hall–Kier alpha value is 1.70. The Bertz CT molecular complexity index is 10.8. The van der Waals surface area contributed by atoms with Crippen molar-refractivity contribution in [2.45, 2.75) is 13.3 Å². The molecule has 0 heterocycles. The van der Waals surface area contributed by atoms with E-state index in [1.54, 1.807) is 0 Å². The molecule has 0 atom stereocenters. The quantitative estimate of drug-likeness (QED) is 0.405. The minimum absolute atomic E-state index is 0. The first-order valence-electron chi connectivity index (χ1n) is 1.52. The summed E-state index contributed by atoms with van der Waals surface area (Å²) < 4.78 is 0. The van der Waals surface area contributed by atoms with Gasteiger partial charge in [-0.3, -0.25) is 0 Å². The summed E-state index contributed by atoms with van der Waals surface area (Å²) in [6.45, 7) is 2.10. The third-order valence-corrected chi connectivity index (χ3v) is 0.671. The third kappa shape index (κ3) is 17.3. The Morgan fingerprint density at radius 1 is 1.50 bits per heavy atom. The molecule has 0 saturated heterocycles. The second-order valence-electron chi connectivity index (χ2n) is 0.724. The Labute approximate surface area is 74.2 Å². The van der Waals surface area contributed by atoms with Gasteiger partial charge >= 0.3 is 0 Å². The van der Waals surface area contributed by atoms with Crippen LogP contribution >= 0.6 is 26.1 Å². The molecule has 0 aromatic heterocycles. The summed E-state index contributed by atoms with van der Waals surface area (Å²) in [5.74, 6) is 1.01. The monoisotopic (exact) mass is 131 g/mol. The van der Waals surface area contributed by atoms with Crippen molar-refractivity contribution in [3.8, 4) is 0 Å². The standard InChI is InChI=1S/C3H8S.Na.S/c1-2-3-4;;/h4H,2-3H2,1H3;;. The molecule has 0 aliphatic rings. The molecule has 3 radical (unpaired) electrons. The van der Waals surface area contributed by atoms with Crippen molar-refractivity contribution < 1.29 is 0 Å². The summed E-state index contributed by atoms with van der Waals surface area (Å²) in [4.78, 5) is 0. The molecule has 0 rings (SSSR count). The summed E-state index contributed by atoms with van der Waals surface area (Å²) in [7, 11) is 0. The smallest absolute Gasteiger partial charge is 0 e. The Morgan fingerprint density at radius 3 is 1.67 bits per heavy atom. The van der Waals surface area contributed by atoms with Gasteiger partial charge in [0.1, 0.15) is 0 Å². The van der Waals surface area contributed by atoms with Crippen LogP contribution in [0.1, 0.15) is 13.3 Å². The van der Waals surface area contributed by atoms with E-state index in [2.05, 4.69) is 19.6 Å². The van der Waals surface area contributed by atoms with E-state index in [1.807, 2.05) is 0 Å². The average Bonchev–Trinajstić information content (AvgIpc) is 1.37. The van der Waals surface area contributed by atoms with Crippen molar-refractivity contribution in [3.63, 3.8) is 0 Å². The van der Waals surface area contributed by atoms with Gasteiger partial charge in [0, 0.05) is 43.1 Å².